The Morgan fingerprint density at radius 1 is 1.14 bits per heavy atom. The number of rotatable bonds is 9. The van der Waals surface area contributed by atoms with Gasteiger partial charge in [0, 0.05) is 58.3 Å². The van der Waals surface area contributed by atoms with Gasteiger partial charge in [0.15, 0.2) is 5.96 Å². The van der Waals surface area contributed by atoms with Gasteiger partial charge in [0.05, 0.1) is 13.2 Å². The molecule has 0 aromatic carbocycles. The first-order valence-corrected chi connectivity index (χ1v) is 11.7. The largest absolute Gasteiger partial charge is 0.379 e. The molecule has 2 rings (SSSR count). The number of hydrogen-bond donors (Lipinski definition) is 2. The number of ether oxygens (including phenoxy) is 1. The maximum atomic E-state index is 12.5. The first kappa shape index (κ1) is 23.9. The second-order valence-electron chi connectivity index (χ2n) is 8.35. The molecule has 0 bridgehead atoms. The summed E-state index contributed by atoms with van der Waals surface area (Å²) < 4.78 is 5.54. The summed E-state index contributed by atoms with van der Waals surface area (Å²) in [6, 6.07) is 0.853. The fraction of sp³-hybridized carbons (Fsp3) is 0.909. The number of carbonyl (C=O) groups is 1. The molecule has 168 valence electrons. The van der Waals surface area contributed by atoms with Crippen molar-refractivity contribution in [2.24, 2.45) is 10.9 Å². The molecule has 0 spiro atoms. The molecule has 2 atom stereocenters. The van der Waals surface area contributed by atoms with E-state index < -0.39 is 0 Å². The summed E-state index contributed by atoms with van der Waals surface area (Å²) in [6.07, 6.45) is 6.36. The molecule has 0 aliphatic carbocycles. The molecule has 0 saturated carbocycles. The normalized spacial score (nSPS) is 22.6. The highest BCUT2D eigenvalue weighted by Gasteiger charge is 2.27. The Balaban J connectivity index is 1.80. The zero-order valence-electron chi connectivity index (χ0n) is 19.1. The number of amides is 1. The first-order valence-electron chi connectivity index (χ1n) is 11.7. The van der Waals surface area contributed by atoms with Crippen LogP contribution in [0.2, 0.25) is 0 Å². The molecule has 2 saturated heterocycles. The van der Waals surface area contributed by atoms with Gasteiger partial charge in [-0.15, -0.1) is 0 Å². The van der Waals surface area contributed by atoms with Crippen molar-refractivity contribution in [1.29, 1.82) is 0 Å². The third kappa shape index (κ3) is 7.45. The highest BCUT2D eigenvalue weighted by atomic mass is 16.5. The van der Waals surface area contributed by atoms with E-state index in [0.29, 0.717) is 31.0 Å². The molecule has 0 aromatic heterocycles. The summed E-state index contributed by atoms with van der Waals surface area (Å²) in [6.45, 7) is 12.7. The molecular formula is C22H43N5O2. The lowest BCUT2D eigenvalue weighted by molar-refractivity contribution is -0.134. The molecule has 2 aliphatic rings. The maximum absolute atomic E-state index is 12.5. The van der Waals surface area contributed by atoms with E-state index in [2.05, 4.69) is 41.3 Å². The highest BCUT2D eigenvalue weighted by Crippen LogP contribution is 2.20. The molecule has 7 heteroatoms. The van der Waals surface area contributed by atoms with E-state index >= 15 is 0 Å². The number of hydrogen-bond acceptors (Lipinski definition) is 4. The van der Waals surface area contributed by atoms with E-state index in [1.54, 1.807) is 7.05 Å². The second-order valence-corrected chi connectivity index (χ2v) is 8.35. The molecule has 0 radical (unpaired) electrons. The number of guanidine groups is 1. The Morgan fingerprint density at radius 3 is 2.48 bits per heavy atom. The summed E-state index contributed by atoms with van der Waals surface area (Å²) in [4.78, 5) is 21.5. The van der Waals surface area contributed by atoms with Crippen LogP contribution in [-0.2, 0) is 9.53 Å². The van der Waals surface area contributed by atoms with E-state index in [0.717, 1.165) is 58.2 Å². The number of piperidine rings is 1. The topological polar surface area (TPSA) is 69.2 Å². The number of likely N-dealkylation sites (tertiary alicyclic amines) is 1. The van der Waals surface area contributed by atoms with Crippen molar-refractivity contribution in [3.8, 4) is 0 Å². The summed E-state index contributed by atoms with van der Waals surface area (Å²) in [5.74, 6) is 1.69. The average Bonchev–Trinajstić information content (AvgIpc) is 2.76. The van der Waals surface area contributed by atoms with Crippen LogP contribution >= 0.6 is 0 Å². The molecule has 29 heavy (non-hydrogen) atoms. The quantitative estimate of drug-likeness (QED) is 0.451. The SMILES string of the molecule is CCC(CC)C(CNC(=NC)NCCC(=O)N1CCCCC1C)N1CCOCC1. The van der Waals surface area contributed by atoms with Crippen molar-refractivity contribution in [2.75, 3.05) is 53.0 Å². The fourth-order valence-corrected chi connectivity index (χ4v) is 4.66. The lowest BCUT2D eigenvalue weighted by Gasteiger charge is -2.39. The number of nitrogens with zero attached hydrogens (tertiary/aromatic N) is 3. The third-order valence-electron chi connectivity index (χ3n) is 6.56. The Morgan fingerprint density at radius 2 is 1.86 bits per heavy atom. The van der Waals surface area contributed by atoms with Gasteiger partial charge < -0.3 is 20.3 Å². The fourth-order valence-electron chi connectivity index (χ4n) is 4.66. The third-order valence-corrected chi connectivity index (χ3v) is 6.56. The van der Waals surface area contributed by atoms with Crippen molar-refractivity contribution in [3.63, 3.8) is 0 Å². The number of nitrogens with one attached hydrogen (secondary N) is 2. The van der Waals surface area contributed by atoms with Gasteiger partial charge in [0.2, 0.25) is 5.91 Å². The van der Waals surface area contributed by atoms with Crippen molar-refractivity contribution in [1.82, 2.24) is 20.4 Å². The van der Waals surface area contributed by atoms with Crippen LogP contribution in [0.3, 0.4) is 0 Å². The zero-order valence-corrected chi connectivity index (χ0v) is 19.1. The predicted molar refractivity (Wildman–Crippen MR) is 119 cm³/mol. The first-order chi connectivity index (χ1) is 14.1. The molecule has 1 amide bonds. The van der Waals surface area contributed by atoms with Crippen LogP contribution in [0, 0.1) is 5.92 Å². The van der Waals surface area contributed by atoms with Crippen LogP contribution < -0.4 is 10.6 Å². The molecule has 0 aromatic rings. The van der Waals surface area contributed by atoms with E-state index in [1.807, 2.05) is 4.90 Å². The van der Waals surface area contributed by atoms with Gasteiger partial charge in [-0.1, -0.05) is 26.7 Å². The van der Waals surface area contributed by atoms with Crippen molar-refractivity contribution in [3.05, 3.63) is 0 Å². The molecule has 2 fully saturated rings. The van der Waals surface area contributed by atoms with E-state index in [1.165, 1.54) is 19.3 Å². The van der Waals surface area contributed by atoms with Crippen LogP contribution in [0.4, 0.5) is 0 Å². The Kier molecular flexibility index (Phi) is 10.8. The van der Waals surface area contributed by atoms with Crippen LogP contribution in [0.5, 0.6) is 0 Å². The summed E-state index contributed by atoms with van der Waals surface area (Å²) in [7, 11) is 1.80. The van der Waals surface area contributed by atoms with Gasteiger partial charge in [-0.05, 0) is 32.1 Å². The van der Waals surface area contributed by atoms with Gasteiger partial charge in [0.25, 0.3) is 0 Å². The molecular weight excluding hydrogens is 366 g/mol. The molecule has 2 aliphatic heterocycles. The smallest absolute Gasteiger partial charge is 0.224 e. The lowest BCUT2D eigenvalue weighted by Crippen LogP contribution is -2.53. The highest BCUT2D eigenvalue weighted by molar-refractivity contribution is 5.81. The van der Waals surface area contributed by atoms with Crippen LogP contribution in [0.25, 0.3) is 0 Å². The van der Waals surface area contributed by atoms with Crippen LogP contribution in [0.15, 0.2) is 4.99 Å². The van der Waals surface area contributed by atoms with E-state index in [4.69, 9.17) is 4.74 Å². The van der Waals surface area contributed by atoms with Crippen LogP contribution in [-0.4, -0.2) is 86.7 Å². The maximum Gasteiger partial charge on any atom is 0.224 e. The molecule has 2 unspecified atom stereocenters. The Bertz CT molecular complexity index is 503. The Labute approximate surface area is 177 Å². The number of morpholine rings is 1. The van der Waals surface area contributed by atoms with Gasteiger partial charge in [-0.25, -0.2) is 0 Å². The minimum atomic E-state index is 0.253. The second kappa shape index (κ2) is 13.1. The molecule has 2 N–H and O–H groups in total. The average molecular weight is 410 g/mol. The van der Waals surface area contributed by atoms with Crippen molar-refractivity contribution in [2.45, 2.75) is 71.4 Å². The zero-order chi connectivity index (χ0) is 21.1. The summed E-state index contributed by atoms with van der Waals surface area (Å²) >= 11 is 0. The lowest BCUT2D eigenvalue weighted by atomic mass is 9.92. The molecule has 2 heterocycles. The predicted octanol–water partition coefficient (Wildman–Crippen LogP) is 2.08. The van der Waals surface area contributed by atoms with E-state index in [-0.39, 0.29) is 5.91 Å². The Hall–Kier alpha value is -1.34. The minimum absolute atomic E-state index is 0.253. The summed E-state index contributed by atoms with van der Waals surface area (Å²) in [5.41, 5.74) is 0. The molecule has 7 nitrogen and oxygen atoms in total. The van der Waals surface area contributed by atoms with Crippen molar-refractivity contribution < 1.29 is 9.53 Å². The van der Waals surface area contributed by atoms with Crippen LogP contribution in [0.1, 0.15) is 59.3 Å². The summed E-state index contributed by atoms with van der Waals surface area (Å²) in [5, 5.41) is 6.85. The van der Waals surface area contributed by atoms with Gasteiger partial charge in [-0.3, -0.25) is 14.7 Å². The minimum Gasteiger partial charge on any atom is -0.379 e. The standard InChI is InChI=1S/C22H43N5O2/c1-5-19(6-2)20(26-13-15-29-16-14-26)17-25-22(23-4)24-11-10-21(28)27-12-8-7-9-18(27)3/h18-20H,5-17H2,1-4H3,(H2,23,24,25). The monoisotopic (exact) mass is 409 g/mol. The van der Waals surface area contributed by atoms with E-state index in [9.17, 15) is 4.79 Å². The van der Waals surface area contributed by atoms with Gasteiger partial charge >= 0.3 is 0 Å². The number of carbonyl (C=O) groups excluding carboxylic acids is 1. The number of aliphatic imine (C=N–C) groups is 1. The van der Waals surface area contributed by atoms with Gasteiger partial charge in [-0.2, -0.15) is 0 Å². The van der Waals surface area contributed by atoms with Gasteiger partial charge in [0.1, 0.15) is 0 Å². The van der Waals surface area contributed by atoms with Crippen molar-refractivity contribution >= 4 is 11.9 Å².